The molecule has 3 aromatic rings. The van der Waals surface area contributed by atoms with Gasteiger partial charge in [0.1, 0.15) is 11.7 Å². The molecule has 0 bridgehead atoms. The predicted octanol–water partition coefficient (Wildman–Crippen LogP) is 5.03. The minimum absolute atomic E-state index is 0.0794. The lowest BCUT2D eigenvalue weighted by molar-refractivity contribution is 0.0850. The van der Waals surface area contributed by atoms with Crippen molar-refractivity contribution in [3.8, 4) is 17.1 Å². The number of ether oxygens (including phenoxy) is 1. The van der Waals surface area contributed by atoms with Crippen LogP contribution < -0.4 is 9.64 Å². The average molecular weight is 515 g/mol. The van der Waals surface area contributed by atoms with Crippen molar-refractivity contribution in [2.24, 2.45) is 4.99 Å². The van der Waals surface area contributed by atoms with E-state index in [1.165, 1.54) is 12.5 Å². The molecule has 2 aliphatic heterocycles. The van der Waals surface area contributed by atoms with Crippen LogP contribution in [0.3, 0.4) is 0 Å². The number of pyridine rings is 1. The molecule has 196 valence electrons. The molecule has 0 saturated heterocycles. The number of amides is 1. The Morgan fingerprint density at radius 1 is 1.00 bits per heavy atom. The Morgan fingerprint density at radius 3 is 2.61 bits per heavy atom. The Labute approximate surface area is 221 Å². The number of carbonyl (C=O) groups excluding carboxylic acids is 1. The van der Waals surface area contributed by atoms with Crippen molar-refractivity contribution in [3.05, 3.63) is 59.5 Å². The molecule has 0 radical (unpaired) electrons. The first-order valence-corrected chi connectivity index (χ1v) is 13.7. The summed E-state index contributed by atoms with van der Waals surface area (Å²) in [5.74, 6) is 1.33. The van der Waals surface area contributed by atoms with Crippen molar-refractivity contribution in [2.75, 3.05) is 11.9 Å². The monoisotopic (exact) mass is 514 g/mol. The zero-order chi connectivity index (χ0) is 25.8. The summed E-state index contributed by atoms with van der Waals surface area (Å²) in [5.41, 5.74) is 2.99. The van der Waals surface area contributed by atoms with Gasteiger partial charge < -0.3 is 4.74 Å². The van der Waals surface area contributed by atoms with Crippen molar-refractivity contribution in [3.63, 3.8) is 0 Å². The maximum absolute atomic E-state index is 13.7. The molecule has 7 rings (SSSR count). The number of carbonyl (C=O) groups is 1. The maximum atomic E-state index is 13.7. The normalized spacial score (nSPS) is 22.8. The Balaban J connectivity index is 1.26. The van der Waals surface area contributed by atoms with E-state index in [1.807, 2.05) is 28.9 Å². The number of guanidine groups is 1. The largest absolute Gasteiger partial charge is 0.474 e. The van der Waals surface area contributed by atoms with Gasteiger partial charge in [-0.2, -0.15) is 9.49 Å². The third-order valence-electron chi connectivity index (χ3n) is 8.33. The topological polar surface area (TPSA) is 75.8 Å². The number of hydrogen-bond acceptors (Lipinski definition) is 6. The van der Waals surface area contributed by atoms with E-state index < -0.39 is 5.95 Å². The van der Waals surface area contributed by atoms with Crippen LogP contribution in [-0.4, -0.2) is 56.8 Å². The molecule has 4 heterocycles. The first-order chi connectivity index (χ1) is 18.6. The molecule has 4 aliphatic rings. The summed E-state index contributed by atoms with van der Waals surface area (Å²) in [6.45, 7) is 0.456. The van der Waals surface area contributed by atoms with E-state index in [1.54, 1.807) is 24.1 Å². The van der Waals surface area contributed by atoms with Gasteiger partial charge in [-0.25, -0.2) is 14.7 Å². The second-order valence-electron chi connectivity index (χ2n) is 10.8. The van der Waals surface area contributed by atoms with Gasteiger partial charge in [-0.3, -0.25) is 14.6 Å². The van der Waals surface area contributed by atoms with Crippen molar-refractivity contribution in [2.45, 2.75) is 76.1 Å². The van der Waals surface area contributed by atoms with Crippen molar-refractivity contribution in [1.29, 1.82) is 0 Å². The molecule has 9 heteroatoms. The number of fused-ring (bicyclic) bond motifs is 5. The molecule has 2 aliphatic carbocycles. The van der Waals surface area contributed by atoms with Gasteiger partial charge in [0.25, 0.3) is 5.91 Å². The quantitative estimate of drug-likeness (QED) is 0.447. The summed E-state index contributed by atoms with van der Waals surface area (Å²) in [4.78, 5) is 26.4. The number of aliphatic imine (C=N–C) groups is 1. The van der Waals surface area contributed by atoms with Crippen molar-refractivity contribution < 1.29 is 13.9 Å². The summed E-state index contributed by atoms with van der Waals surface area (Å²) >= 11 is 0. The highest BCUT2D eigenvalue weighted by molar-refractivity contribution is 6.19. The maximum Gasteiger partial charge on any atom is 0.269 e. The summed E-state index contributed by atoms with van der Waals surface area (Å²) < 4.78 is 22.1. The van der Waals surface area contributed by atoms with E-state index in [4.69, 9.17) is 14.8 Å². The second-order valence-corrected chi connectivity index (χ2v) is 10.8. The second kappa shape index (κ2) is 9.22. The summed E-state index contributed by atoms with van der Waals surface area (Å²) in [6, 6.07) is 13.1. The lowest BCUT2D eigenvalue weighted by Crippen LogP contribution is -2.51. The van der Waals surface area contributed by atoms with Crippen molar-refractivity contribution in [1.82, 2.24) is 19.7 Å². The van der Waals surface area contributed by atoms with Crippen LogP contribution in [0, 0.1) is 5.95 Å². The van der Waals surface area contributed by atoms with Crippen LogP contribution in [0.2, 0.25) is 0 Å². The Bertz CT molecular complexity index is 1410. The Morgan fingerprint density at radius 2 is 1.82 bits per heavy atom. The highest BCUT2D eigenvalue weighted by Gasteiger charge is 2.49. The Kier molecular flexibility index (Phi) is 5.67. The van der Waals surface area contributed by atoms with Crippen LogP contribution in [0.4, 0.5) is 10.2 Å². The van der Waals surface area contributed by atoms with Crippen LogP contribution in [0.15, 0.2) is 47.5 Å². The molecule has 2 fully saturated rings. The van der Waals surface area contributed by atoms with Gasteiger partial charge >= 0.3 is 0 Å². The predicted molar refractivity (Wildman–Crippen MR) is 142 cm³/mol. The molecule has 38 heavy (non-hydrogen) atoms. The van der Waals surface area contributed by atoms with Crippen LogP contribution >= 0.6 is 0 Å². The fraction of sp³-hybridized carbons (Fsp3) is 0.448. The van der Waals surface area contributed by atoms with E-state index in [9.17, 15) is 9.18 Å². The van der Waals surface area contributed by atoms with Gasteiger partial charge in [-0.05, 0) is 62.6 Å². The minimum Gasteiger partial charge on any atom is -0.474 e. The number of benzene rings is 1. The molecule has 2 saturated carbocycles. The molecule has 1 amide bonds. The zero-order valence-electron chi connectivity index (χ0n) is 21.5. The van der Waals surface area contributed by atoms with E-state index in [0.29, 0.717) is 35.5 Å². The molecule has 0 N–H and O–H groups in total. The third kappa shape index (κ3) is 3.87. The number of nitrogens with zero attached hydrogens (tertiary/aromatic N) is 6. The van der Waals surface area contributed by atoms with Gasteiger partial charge in [-0.1, -0.05) is 36.8 Å². The zero-order valence-corrected chi connectivity index (χ0v) is 21.5. The number of anilines is 1. The first kappa shape index (κ1) is 23.4. The van der Waals surface area contributed by atoms with Gasteiger partial charge in [0.15, 0.2) is 5.82 Å². The standard InChI is InChI=1S/C29H31FN6O2/c1-34-27(37)25-26(36-23-11-5-10-22(23)32-29(34)36)33-35(28(25)38-20-7-3-2-4-8-20)17-18-13-15-19(16-14-18)21-9-6-12-24(30)31-21/h6,9,12-16,20,22-23H,2-5,7-8,10-11,17H2,1H3. The SMILES string of the molecule is CN1C(=O)c2c(nn(Cc3ccc(-c4cccc(F)n4)cc3)c2OC2CCCCC2)N2C1=NC1CCCC12. The lowest BCUT2D eigenvalue weighted by Gasteiger charge is -2.34. The summed E-state index contributed by atoms with van der Waals surface area (Å²) in [7, 11) is 1.80. The van der Waals surface area contributed by atoms with Crippen LogP contribution in [0.5, 0.6) is 5.88 Å². The van der Waals surface area contributed by atoms with E-state index in [-0.39, 0.29) is 24.1 Å². The van der Waals surface area contributed by atoms with Crippen molar-refractivity contribution >= 4 is 17.7 Å². The highest BCUT2D eigenvalue weighted by Crippen LogP contribution is 2.43. The molecule has 8 nitrogen and oxygen atoms in total. The van der Waals surface area contributed by atoms with E-state index >= 15 is 0 Å². The fourth-order valence-corrected chi connectivity index (χ4v) is 6.37. The van der Waals surface area contributed by atoms with Gasteiger partial charge in [0.2, 0.25) is 17.8 Å². The third-order valence-corrected chi connectivity index (χ3v) is 8.33. The van der Waals surface area contributed by atoms with Gasteiger partial charge in [-0.15, -0.1) is 0 Å². The molecule has 0 spiro atoms. The smallest absolute Gasteiger partial charge is 0.269 e. The summed E-state index contributed by atoms with van der Waals surface area (Å²) in [5, 5.41) is 5.02. The van der Waals surface area contributed by atoms with Crippen LogP contribution in [-0.2, 0) is 6.54 Å². The van der Waals surface area contributed by atoms with Gasteiger partial charge in [0, 0.05) is 12.6 Å². The lowest BCUT2D eigenvalue weighted by atomic mass is 9.98. The molecule has 2 aromatic heterocycles. The van der Waals surface area contributed by atoms with E-state index in [2.05, 4.69) is 9.88 Å². The first-order valence-electron chi connectivity index (χ1n) is 13.7. The molecule has 2 unspecified atom stereocenters. The number of halogens is 1. The molecule has 2 atom stereocenters. The van der Waals surface area contributed by atoms with E-state index in [0.717, 1.165) is 56.1 Å². The van der Waals surface area contributed by atoms with Crippen LogP contribution in [0.25, 0.3) is 11.3 Å². The van der Waals surface area contributed by atoms with Gasteiger partial charge in [0.05, 0.1) is 24.3 Å². The molecule has 1 aromatic carbocycles. The molecular weight excluding hydrogens is 483 g/mol. The average Bonchev–Trinajstić information content (AvgIpc) is 3.62. The number of aromatic nitrogens is 3. The fourth-order valence-electron chi connectivity index (χ4n) is 6.37. The summed E-state index contributed by atoms with van der Waals surface area (Å²) in [6.07, 6.45) is 8.77. The van der Waals surface area contributed by atoms with Crippen LogP contribution in [0.1, 0.15) is 67.3 Å². The molecular formula is C29H31FN6O2. The Hall–Kier alpha value is -3.75. The minimum atomic E-state index is -0.498. The number of rotatable bonds is 5. The highest BCUT2D eigenvalue weighted by atomic mass is 19.1. The number of hydrogen-bond donors (Lipinski definition) is 0.